The fraction of sp³-hybridized carbons (Fsp3) is 0.318. The molecule has 0 bridgehead atoms. The van der Waals surface area contributed by atoms with Gasteiger partial charge < -0.3 is 10.1 Å². The molecule has 31 heavy (non-hydrogen) atoms. The van der Waals surface area contributed by atoms with E-state index in [4.69, 9.17) is 9.72 Å². The minimum absolute atomic E-state index is 0.0561. The van der Waals surface area contributed by atoms with Crippen LogP contribution in [0.5, 0.6) is 0 Å². The fourth-order valence-corrected chi connectivity index (χ4v) is 4.22. The second kappa shape index (κ2) is 9.67. The Labute approximate surface area is 183 Å². The zero-order chi connectivity index (χ0) is 21.8. The van der Waals surface area contributed by atoms with Gasteiger partial charge in [0.15, 0.2) is 0 Å². The SMILES string of the molecule is CC(Sc1nc(CN2CCOCC2)nc2ccccc12)C(=O)Nc1ccc(F)cc1F. The number of anilines is 1. The first-order valence-electron chi connectivity index (χ1n) is 9.98. The molecule has 1 aromatic heterocycles. The van der Waals surface area contributed by atoms with Crippen LogP contribution < -0.4 is 5.32 Å². The van der Waals surface area contributed by atoms with Crippen molar-refractivity contribution >= 4 is 34.3 Å². The van der Waals surface area contributed by atoms with Crippen molar-refractivity contribution in [1.29, 1.82) is 0 Å². The second-order valence-electron chi connectivity index (χ2n) is 7.22. The molecule has 6 nitrogen and oxygen atoms in total. The van der Waals surface area contributed by atoms with Gasteiger partial charge in [-0.15, -0.1) is 0 Å². The van der Waals surface area contributed by atoms with Gasteiger partial charge in [-0.05, 0) is 25.1 Å². The number of nitrogens with zero attached hydrogens (tertiary/aromatic N) is 3. The van der Waals surface area contributed by atoms with Crippen molar-refractivity contribution in [2.45, 2.75) is 23.7 Å². The molecule has 0 aliphatic carbocycles. The van der Waals surface area contributed by atoms with Crippen LogP contribution in [-0.4, -0.2) is 52.3 Å². The summed E-state index contributed by atoms with van der Waals surface area (Å²) in [5, 5.41) is 3.51. The Hall–Kier alpha value is -2.62. The van der Waals surface area contributed by atoms with Crippen molar-refractivity contribution in [3.8, 4) is 0 Å². The third-order valence-electron chi connectivity index (χ3n) is 4.93. The number of carbonyl (C=O) groups excluding carboxylic acids is 1. The Bertz CT molecular complexity index is 1090. The fourth-order valence-electron chi connectivity index (χ4n) is 3.26. The predicted molar refractivity (Wildman–Crippen MR) is 116 cm³/mol. The molecule has 1 aliphatic rings. The maximum atomic E-state index is 13.9. The highest BCUT2D eigenvalue weighted by atomic mass is 32.2. The van der Waals surface area contributed by atoms with Gasteiger partial charge >= 0.3 is 0 Å². The lowest BCUT2D eigenvalue weighted by Gasteiger charge is -2.26. The van der Waals surface area contributed by atoms with E-state index in [0.29, 0.717) is 30.6 Å². The smallest absolute Gasteiger partial charge is 0.237 e. The molecule has 2 heterocycles. The third kappa shape index (κ3) is 5.36. The summed E-state index contributed by atoms with van der Waals surface area (Å²) < 4.78 is 32.4. The number of benzene rings is 2. The first kappa shape index (κ1) is 21.6. The molecule has 9 heteroatoms. The number of nitrogens with one attached hydrogen (secondary N) is 1. The molecule has 1 fully saturated rings. The van der Waals surface area contributed by atoms with E-state index in [9.17, 15) is 13.6 Å². The molecule has 1 N–H and O–H groups in total. The second-order valence-corrected chi connectivity index (χ2v) is 8.55. The van der Waals surface area contributed by atoms with Gasteiger partial charge in [0.25, 0.3) is 0 Å². The van der Waals surface area contributed by atoms with Crippen molar-refractivity contribution in [3.05, 3.63) is 59.9 Å². The molecule has 0 spiro atoms. The van der Waals surface area contributed by atoms with Gasteiger partial charge in [-0.3, -0.25) is 9.69 Å². The summed E-state index contributed by atoms with van der Waals surface area (Å²) in [6.45, 7) is 5.34. The summed E-state index contributed by atoms with van der Waals surface area (Å²) in [6.07, 6.45) is 0. The lowest BCUT2D eigenvalue weighted by atomic mass is 10.2. The van der Waals surface area contributed by atoms with Crippen molar-refractivity contribution in [2.24, 2.45) is 0 Å². The molecule has 1 aliphatic heterocycles. The predicted octanol–water partition coefficient (Wildman–Crippen LogP) is 3.86. The Balaban J connectivity index is 1.53. The molecule has 3 aromatic rings. The van der Waals surface area contributed by atoms with Crippen LogP contribution in [-0.2, 0) is 16.1 Å². The number of hydrogen-bond donors (Lipinski definition) is 1. The number of thioether (sulfide) groups is 1. The van der Waals surface area contributed by atoms with E-state index in [2.05, 4.69) is 15.2 Å². The zero-order valence-corrected chi connectivity index (χ0v) is 17.8. The Kier molecular flexibility index (Phi) is 6.74. The van der Waals surface area contributed by atoms with Crippen LogP contribution in [0.1, 0.15) is 12.7 Å². The standard InChI is InChI=1S/C22H22F2N4O2S/c1-14(21(29)26-19-7-6-15(23)12-17(19)24)31-22-16-4-2-3-5-18(16)25-20(27-22)13-28-8-10-30-11-9-28/h2-7,12,14H,8-11,13H2,1H3,(H,26,29). The van der Waals surface area contributed by atoms with Gasteiger partial charge in [0.2, 0.25) is 5.91 Å². The Morgan fingerprint density at radius 3 is 2.74 bits per heavy atom. The maximum Gasteiger partial charge on any atom is 0.237 e. The van der Waals surface area contributed by atoms with E-state index in [1.54, 1.807) is 6.92 Å². The minimum Gasteiger partial charge on any atom is -0.379 e. The largest absolute Gasteiger partial charge is 0.379 e. The zero-order valence-electron chi connectivity index (χ0n) is 17.0. The number of hydrogen-bond acceptors (Lipinski definition) is 6. The van der Waals surface area contributed by atoms with Gasteiger partial charge in [-0.25, -0.2) is 18.7 Å². The number of aromatic nitrogens is 2. The Morgan fingerprint density at radius 1 is 1.19 bits per heavy atom. The number of rotatable bonds is 6. The summed E-state index contributed by atoms with van der Waals surface area (Å²) >= 11 is 1.28. The van der Waals surface area contributed by atoms with Crippen LogP contribution in [0, 0.1) is 11.6 Å². The quantitative estimate of drug-likeness (QED) is 0.460. The topological polar surface area (TPSA) is 67.3 Å². The summed E-state index contributed by atoms with van der Waals surface area (Å²) in [5.41, 5.74) is 0.750. The van der Waals surface area contributed by atoms with Crippen molar-refractivity contribution < 1.29 is 18.3 Å². The van der Waals surface area contributed by atoms with Gasteiger partial charge in [0.05, 0.1) is 36.2 Å². The van der Waals surface area contributed by atoms with Crippen molar-refractivity contribution in [2.75, 3.05) is 31.6 Å². The number of morpholine rings is 1. The number of halogens is 2. The molecule has 1 unspecified atom stereocenters. The van der Waals surface area contributed by atoms with E-state index in [1.807, 2.05) is 24.3 Å². The van der Waals surface area contributed by atoms with E-state index in [-0.39, 0.29) is 5.69 Å². The highest BCUT2D eigenvalue weighted by Crippen LogP contribution is 2.30. The van der Waals surface area contributed by atoms with Gasteiger partial charge in [0.1, 0.15) is 22.5 Å². The molecule has 4 rings (SSSR count). The monoisotopic (exact) mass is 444 g/mol. The van der Waals surface area contributed by atoms with Crippen LogP contribution >= 0.6 is 11.8 Å². The van der Waals surface area contributed by atoms with Crippen LogP contribution in [0.25, 0.3) is 10.9 Å². The minimum atomic E-state index is -0.814. The molecule has 162 valence electrons. The van der Waals surface area contributed by atoms with Crippen molar-refractivity contribution in [1.82, 2.24) is 14.9 Å². The van der Waals surface area contributed by atoms with Gasteiger partial charge in [0, 0.05) is 24.5 Å². The molecule has 1 amide bonds. The average molecular weight is 445 g/mol. The number of ether oxygens (including phenoxy) is 1. The molecular weight excluding hydrogens is 422 g/mol. The molecule has 1 saturated heterocycles. The molecular formula is C22H22F2N4O2S. The van der Waals surface area contributed by atoms with E-state index in [1.165, 1.54) is 17.8 Å². The summed E-state index contributed by atoms with van der Waals surface area (Å²) in [4.78, 5) is 24.3. The summed E-state index contributed by atoms with van der Waals surface area (Å²) in [5.74, 6) is -1.22. The first-order valence-corrected chi connectivity index (χ1v) is 10.9. The maximum absolute atomic E-state index is 13.9. The molecule has 0 radical (unpaired) electrons. The third-order valence-corrected chi connectivity index (χ3v) is 6.03. The number of para-hydroxylation sites is 1. The highest BCUT2D eigenvalue weighted by molar-refractivity contribution is 8.00. The van der Waals surface area contributed by atoms with Gasteiger partial charge in [-0.2, -0.15) is 0 Å². The lowest BCUT2D eigenvalue weighted by molar-refractivity contribution is -0.115. The first-order chi connectivity index (χ1) is 15.0. The van der Waals surface area contributed by atoms with E-state index >= 15 is 0 Å². The van der Waals surface area contributed by atoms with E-state index in [0.717, 1.165) is 36.1 Å². The normalized spacial score (nSPS) is 15.7. The van der Waals surface area contributed by atoms with Crippen LogP contribution in [0.4, 0.5) is 14.5 Å². The molecule has 2 aromatic carbocycles. The average Bonchev–Trinajstić information content (AvgIpc) is 2.76. The Morgan fingerprint density at radius 2 is 1.97 bits per heavy atom. The van der Waals surface area contributed by atoms with Crippen LogP contribution in [0.2, 0.25) is 0 Å². The van der Waals surface area contributed by atoms with E-state index < -0.39 is 22.8 Å². The van der Waals surface area contributed by atoms with Crippen LogP contribution in [0.15, 0.2) is 47.5 Å². The molecule has 1 atom stereocenters. The number of carbonyl (C=O) groups is 1. The highest BCUT2D eigenvalue weighted by Gasteiger charge is 2.20. The summed E-state index contributed by atoms with van der Waals surface area (Å²) in [6, 6.07) is 10.7. The number of amides is 1. The molecule has 0 saturated carbocycles. The summed E-state index contributed by atoms with van der Waals surface area (Å²) in [7, 11) is 0. The van der Waals surface area contributed by atoms with Crippen molar-refractivity contribution in [3.63, 3.8) is 0 Å². The number of fused-ring (bicyclic) bond motifs is 1. The van der Waals surface area contributed by atoms with Gasteiger partial charge in [-0.1, -0.05) is 30.0 Å². The lowest BCUT2D eigenvalue weighted by Crippen LogP contribution is -2.36. The van der Waals surface area contributed by atoms with Crippen LogP contribution in [0.3, 0.4) is 0 Å².